The van der Waals surface area contributed by atoms with Crippen molar-refractivity contribution in [3.8, 4) is 0 Å². The molecule has 122 valence electrons. The van der Waals surface area contributed by atoms with Crippen molar-refractivity contribution in [3.05, 3.63) is 59.5 Å². The van der Waals surface area contributed by atoms with Gasteiger partial charge < -0.3 is 14.8 Å². The molecule has 1 amide bonds. The van der Waals surface area contributed by atoms with Gasteiger partial charge in [0.1, 0.15) is 6.26 Å². The van der Waals surface area contributed by atoms with Crippen molar-refractivity contribution in [2.24, 2.45) is 0 Å². The van der Waals surface area contributed by atoms with E-state index < -0.39 is 0 Å². The number of hydrogen-bond donors (Lipinski definition) is 2. The van der Waals surface area contributed by atoms with Gasteiger partial charge >= 0.3 is 0 Å². The fraction of sp³-hybridized carbons (Fsp3) is 0.389. The average Bonchev–Trinajstić information content (AvgIpc) is 3.10. The fourth-order valence-corrected chi connectivity index (χ4v) is 2.87. The zero-order chi connectivity index (χ0) is 16.1. The van der Waals surface area contributed by atoms with E-state index in [-0.39, 0.29) is 12.0 Å². The molecule has 0 aliphatic carbocycles. The van der Waals surface area contributed by atoms with E-state index in [0.29, 0.717) is 12.1 Å². The lowest BCUT2D eigenvalue weighted by atomic mass is 10.0. The summed E-state index contributed by atoms with van der Waals surface area (Å²) >= 11 is 0. The van der Waals surface area contributed by atoms with Gasteiger partial charge in [0.25, 0.3) is 5.91 Å². The van der Waals surface area contributed by atoms with Gasteiger partial charge in [-0.2, -0.15) is 0 Å². The molecule has 3 rings (SSSR count). The van der Waals surface area contributed by atoms with Gasteiger partial charge in [-0.25, -0.2) is 0 Å². The maximum absolute atomic E-state index is 12.0. The largest absolute Gasteiger partial charge is 0.472 e. The third-order valence-electron chi connectivity index (χ3n) is 4.29. The molecule has 0 unspecified atom stereocenters. The number of piperidine rings is 1. The number of aliphatic hydroxyl groups excluding tert-OH is 1. The molecule has 0 radical (unpaired) electrons. The summed E-state index contributed by atoms with van der Waals surface area (Å²) in [6, 6.07) is 9.81. The first-order chi connectivity index (χ1) is 11.2. The van der Waals surface area contributed by atoms with Crippen LogP contribution in [0.1, 0.15) is 34.3 Å². The molecule has 5 nitrogen and oxygen atoms in total. The van der Waals surface area contributed by atoms with Crippen molar-refractivity contribution < 1.29 is 14.3 Å². The molecule has 1 fully saturated rings. The Bertz CT molecular complexity index is 631. The highest BCUT2D eigenvalue weighted by Gasteiger charge is 2.18. The molecular weight excluding hydrogens is 292 g/mol. The highest BCUT2D eigenvalue weighted by Crippen LogP contribution is 2.16. The highest BCUT2D eigenvalue weighted by molar-refractivity contribution is 5.93. The number of furan rings is 1. The topological polar surface area (TPSA) is 65.7 Å². The first-order valence-corrected chi connectivity index (χ1v) is 8.00. The van der Waals surface area contributed by atoms with E-state index in [2.05, 4.69) is 16.3 Å². The van der Waals surface area contributed by atoms with Crippen LogP contribution in [0.15, 0.2) is 47.3 Å². The lowest BCUT2D eigenvalue weighted by Crippen LogP contribution is -2.35. The van der Waals surface area contributed by atoms with Crippen LogP contribution in [0.2, 0.25) is 0 Å². The molecule has 0 spiro atoms. The van der Waals surface area contributed by atoms with E-state index in [1.165, 1.54) is 18.1 Å². The number of aliphatic hydroxyl groups is 1. The van der Waals surface area contributed by atoms with Crippen LogP contribution >= 0.6 is 0 Å². The van der Waals surface area contributed by atoms with Gasteiger partial charge in [0.15, 0.2) is 0 Å². The number of benzene rings is 1. The average molecular weight is 314 g/mol. The van der Waals surface area contributed by atoms with Crippen molar-refractivity contribution in [3.63, 3.8) is 0 Å². The van der Waals surface area contributed by atoms with Crippen molar-refractivity contribution in [2.45, 2.75) is 32.0 Å². The molecule has 1 saturated heterocycles. The van der Waals surface area contributed by atoms with Crippen LogP contribution in [0.4, 0.5) is 0 Å². The number of likely N-dealkylation sites (tertiary alicyclic amines) is 1. The lowest BCUT2D eigenvalue weighted by Gasteiger charge is -2.30. The van der Waals surface area contributed by atoms with E-state index >= 15 is 0 Å². The molecule has 1 aromatic carbocycles. The molecule has 2 aromatic rings. The van der Waals surface area contributed by atoms with Gasteiger partial charge in [0.2, 0.25) is 0 Å². The molecule has 2 heterocycles. The second-order valence-electron chi connectivity index (χ2n) is 5.97. The minimum atomic E-state index is -0.157. The molecular formula is C18H22N2O3. The Morgan fingerprint density at radius 3 is 2.65 bits per heavy atom. The van der Waals surface area contributed by atoms with E-state index in [1.807, 2.05) is 18.2 Å². The third kappa shape index (κ3) is 4.21. The third-order valence-corrected chi connectivity index (χ3v) is 4.29. The van der Waals surface area contributed by atoms with Gasteiger partial charge in [-0.05, 0) is 30.0 Å². The van der Waals surface area contributed by atoms with E-state index in [1.54, 1.807) is 6.07 Å². The van der Waals surface area contributed by atoms with Crippen molar-refractivity contribution in [2.75, 3.05) is 13.1 Å². The van der Waals surface area contributed by atoms with Crippen molar-refractivity contribution in [1.82, 2.24) is 10.2 Å². The molecule has 1 aliphatic rings. The van der Waals surface area contributed by atoms with Crippen LogP contribution in [0.5, 0.6) is 0 Å². The summed E-state index contributed by atoms with van der Waals surface area (Å²) in [5.41, 5.74) is 2.87. The number of carbonyl (C=O) groups excluding carboxylic acids is 1. The normalized spacial score (nSPS) is 16.4. The summed E-state index contributed by atoms with van der Waals surface area (Å²) in [5.74, 6) is -0.130. The Labute approximate surface area is 135 Å². The first kappa shape index (κ1) is 15.8. The maximum atomic E-state index is 12.0. The molecule has 0 saturated carbocycles. The number of nitrogens with one attached hydrogen (secondary N) is 1. The summed E-state index contributed by atoms with van der Waals surface area (Å²) in [6.45, 7) is 3.18. The SMILES string of the molecule is O=C(NCc1ccccc1CN1CCC(O)CC1)c1ccoc1. The molecule has 23 heavy (non-hydrogen) atoms. The summed E-state index contributed by atoms with van der Waals surface area (Å²) in [4.78, 5) is 14.4. The Morgan fingerprint density at radius 2 is 1.96 bits per heavy atom. The Kier molecular flexibility index (Phi) is 5.10. The van der Waals surface area contributed by atoms with Crippen molar-refractivity contribution in [1.29, 1.82) is 0 Å². The molecule has 0 atom stereocenters. The quantitative estimate of drug-likeness (QED) is 0.887. The van der Waals surface area contributed by atoms with Gasteiger partial charge in [-0.1, -0.05) is 24.3 Å². The molecule has 5 heteroatoms. The second kappa shape index (κ2) is 7.44. The molecule has 1 aromatic heterocycles. The summed E-state index contributed by atoms with van der Waals surface area (Å²) in [6.07, 6.45) is 4.45. The highest BCUT2D eigenvalue weighted by atomic mass is 16.3. The molecule has 1 aliphatic heterocycles. The standard InChI is InChI=1S/C18H22N2O3/c21-17-5-8-20(9-6-17)12-15-4-2-1-3-14(15)11-19-18(22)16-7-10-23-13-16/h1-4,7,10,13,17,21H,5-6,8-9,11-12H2,(H,19,22). The van der Waals surface area contributed by atoms with Crippen LogP contribution in [0.3, 0.4) is 0 Å². The predicted molar refractivity (Wildman–Crippen MR) is 86.8 cm³/mol. The van der Waals surface area contributed by atoms with Crippen LogP contribution in [0, 0.1) is 0 Å². The number of amides is 1. The smallest absolute Gasteiger partial charge is 0.254 e. The summed E-state index contributed by atoms with van der Waals surface area (Å²) in [7, 11) is 0. The van der Waals surface area contributed by atoms with Gasteiger partial charge in [0.05, 0.1) is 17.9 Å². The zero-order valence-electron chi connectivity index (χ0n) is 13.1. The van der Waals surface area contributed by atoms with E-state index in [0.717, 1.165) is 38.0 Å². The predicted octanol–water partition coefficient (Wildman–Crippen LogP) is 2.17. The fourth-order valence-electron chi connectivity index (χ4n) is 2.87. The summed E-state index contributed by atoms with van der Waals surface area (Å²) < 4.78 is 4.93. The second-order valence-corrected chi connectivity index (χ2v) is 5.97. The molecule has 0 bridgehead atoms. The van der Waals surface area contributed by atoms with Crippen LogP contribution in [-0.4, -0.2) is 35.1 Å². The Hall–Kier alpha value is -2.11. The monoisotopic (exact) mass is 314 g/mol. The zero-order valence-corrected chi connectivity index (χ0v) is 13.1. The van der Waals surface area contributed by atoms with Crippen LogP contribution in [-0.2, 0) is 13.1 Å². The number of carbonyl (C=O) groups is 1. The minimum Gasteiger partial charge on any atom is -0.472 e. The number of hydrogen-bond acceptors (Lipinski definition) is 4. The van der Waals surface area contributed by atoms with E-state index in [4.69, 9.17) is 4.42 Å². The summed E-state index contributed by atoms with van der Waals surface area (Å²) in [5, 5.41) is 12.5. The van der Waals surface area contributed by atoms with Crippen molar-refractivity contribution >= 4 is 5.91 Å². The molecule has 2 N–H and O–H groups in total. The maximum Gasteiger partial charge on any atom is 0.254 e. The Morgan fingerprint density at radius 1 is 1.22 bits per heavy atom. The van der Waals surface area contributed by atoms with Crippen LogP contribution in [0.25, 0.3) is 0 Å². The van der Waals surface area contributed by atoms with E-state index in [9.17, 15) is 9.90 Å². The Balaban J connectivity index is 1.60. The number of nitrogens with zero attached hydrogens (tertiary/aromatic N) is 1. The lowest BCUT2D eigenvalue weighted by molar-refractivity contribution is 0.0790. The van der Waals surface area contributed by atoms with Gasteiger partial charge in [-0.3, -0.25) is 9.69 Å². The first-order valence-electron chi connectivity index (χ1n) is 8.00. The number of rotatable bonds is 5. The van der Waals surface area contributed by atoms with Crippen LogP contribution < -0.4 is 5.32 Å². The van der Waals surface area contributed by atoms with Gasteiger partial charge in [0, 0.05) is 26.2 Å². The minimum absolute atomic E-state index is 0.130. The van der Waals surface area contributed by atoms with Gasteiger partial charge in [-0.15, -0.1) is 0 Å².